The normalized spacial score (nSPS) is 11.7. The van der Waals surface area contributed by atoms with E-state index in [0.29, 0.717) is 11.1 Å². The average Bonchev–Trinajstić information content (AvgIpc) is 3.05. The molecule has 0 aliphatic rings. The lowest BCUT2D eigenvalue weighted by molar-refractivity contribution is 0.589. The molecule has 0 saturated heterocycles. The first-order valence-corrected chi connectivity index (χ1v) is 9.29. The Balaban J connectivity index is 2.11. The number of halogens is 1. The summed E-state index contributed by atoms with van der Waals surface area (Å²) in [7, 11) is -3.85. The minimum atomic E-state index is -3.85. The van der Waals surface area contributed by atoms with Crippen molar-refractivity contribution in [2.45, 2.75) is 4.90 Å². The molecule has 0 aliphatic heterocycles. The van der Waals surface area contributed by atoms with Gasteiger partial charge in [0.2, 0.25) is 0 Å². The largest absolute Gasteiger partial charge is 0.269 e. The molecule has 0 aliphatic carbocycles. The molecule has 0 amide bonds. The highest BCUT2D eigenvalue weighted by Crippen LogP contribution is 2.33. The van der Waals surface area contributed by atoms with Gasteiger partial charge in [0, 0.05) is 0 Å². The van der Waals surface area contributed by atoms with E-state index in [9.17, 15) is 8.42 Å². The smallest absolute Gasteiger partial charge is 0.224 e. The van der Waals surface area contributed by atoms with E-state index in [2.05, 4.69) is 9.97 Å². The summed E-state index contributed by atoms with van der Waals surface area (Å²) in [5, 5.41) is 0.701. The SMILES string of the molecule is O=S(=O)(c1ccccc1)n1c(-c2ccccc2)cc2c(Cl)ncnc21. The van der Waals surface area contributed by atoms with Crippen LogP contribution in [0.25, 0.3) is 22.3 Å². The summed E-state index contributed by atoms with van der Waals surface area (Å²) in [5.74, 6) is 0. The summed E-state index contributed by atoms with van der Waals surface area (Å²) >= 11 is 6.17. The minimum Gasteiger partial charge on any atom is -0.224 e. The number of fused-ring (bicyclic) bond motifs is 1. The van der Waals surface area contributed by atoms with Gasteiger partial charge in [-0.2, -0.15) is 0 Å². The quantitative estimate of drug-likeness (QED) is 0.512. The van der Waals surface area contributed by atoms with Crippen LogP contribution < -0.4 is 0 Å². The maximum Gasteiger partial charge on any atom is 0.269 e. The van der Waals surface area contributed by atoms with Crippen molar-refractivity contribution in [3.05, 3.63) is 78.2 Å². The molecule has 2 heterocycles. The topological polar surface area (TPSA) is 64.8 Å². The van der Waals surface area contributed by atoms with E-state index < -0.39 is 10.0 Å². The molecule has 4 aromatic rings. The monoisotopic (exact) mass is 369 g/mol. The summed E-state index contributed by atoms with van der Waals surface area (Å²) < 4.78 is 27.8. The number of benzene rings is 2. The van der Waals surface area contributed by atoms with Crippen LogP contribution in [0.3, 0.4) is 0 Å². The van der Waals surface area contributed by atoms with Crippen LogP contribution in [0.4, 0.5) is 0 Å². The Kier molecular flexibility index (Phi) is 3.78. The molecule has 2 aromatic carbocycles. The third kappa shape index (κ3) is 2.59. The zero-order valence-electron chi connectivity index (χ0n) is 12.9. The standard InChI is InChI=1S/C18H12ClN3O2S/c19-17-15-11-16(13-7-3-1-4-8-13)22(18(15)21-12-20-17)25(23,24)14-9-5-2-6-10-14/h1-12H. The van der Waals surface area contributed by atoms with Crippen molar-refractivity contribution < 1.29 is 8.42 Å². The van der Waals surface area contributed by atoms with Crippen LogP contribution in [0, 0.1) is 0 Å². The third-order valence-corrected chi connectivity index (χ3v) is 5.88. The van der Waals surface area contributed by atoms with Gasteiger partial charge >= 0.3 is 0 Å². The lowest BCUT2D eigenvalue weighted by Gasteiger charge is -2.11. The van der Waals surface area contributed by atoms with Crippen molar-refractivity contribution in [2.24, 2.45) is 0 Å². The first-order valence-electron chi connectivity index (χ1n) is 7.47. The Labute approximate surface area is 149 Å². The number of aromatic nitrogens is 3. The zero-order valence-corrected chi connectivity index (χ0v) is 14.4. The first kappa shape index (κ1) is 15.8. The lowest BCUT2D eigenvalue weighted by atomic mass is 10.1. The number of nitrogens with zero attached hydrogens (tertiary/aromatic N) is 3. The Hall–Kier alpha value is -2.70. The van der Waals surface area contributed by atoms with Gasteiger partial charge in [-0.25, -0.2) is 22.4 Å². The van der Waals surface area contributed by atoms with Gasteiger partial charge in [-0.05, 0) is 23.8 Å². The van der Waals surface area contributed by atoms with E-state index in [1.165, 1.54) is 10.3 Å². The molecular weight excluding hydrogens is 358 g/mol. The van der Waals surface area contributed by atoms with E-state index in [4.69, 9.17) is 11.6 Å². The number of hydrogen-bond acceptors (Lipinski definition) is 4. The van der Waals surface area contributed by atoms with E-state index in [0.717, 1.165) is 5.56 Å². The predicted molar refractivity (Wildman–Crippen MR) is 97.0 cm³/mol. The van der Waals surface area contributed by atoms with Crippen LogP contribution in [0.2, 0.25) is 5.15 Å². The zero-order chi connectivity index (χ0) is 17.4. The van der Waals surface area contributed by atoms with Crippen molar-refractivity contribution in [1.29, 1.82) is 0 Å². The van der Waals surface area contributed by atoms with Crippen molar-refractivity contribution in [2.75, 3.05) is 0 Å². The lowest BCUT2D eigenvalue weighted by Crippen LogP contribution is -2.14. The molecule has 5 nitrogen and oxygen atoms in total. The predicted octanol–water partition coefficient (Wildman–Crippen LogP) is 3.99. The minimum absolute atomic E-state index is 0.180. The van der Waals surface area contributed by atoms with Crippen LogP contribution in [0.15, 0.2) is 78.0 Å². The van der Waals surface area contributed by atoms with Crippen LogP contribution in [0.1, 0.15) is 0 Å². The molecule has 124 valence electrons. The second-order valence-electron chi connectivity index (χ2n) is 5.38. The molecule has 2 aromatic heterocycles. The van der Waals surface area contributed by atoms with E-state index in [-0.39, 0.29) is 15.7 Å². The van der Waals surface area contributed by atoms with Gasteiger partial charge in [-0.1, -0.05) is 60.1 Å². The fourth-order valence-electron chi connectivity index (χ4n) is 2.71. The number of rotatable bonds is 3. The Morgan fingerprint density at radius 2 is 1.52 bits per heavy atom. The summed E-state index contributed by atoms with van der Waals surface area (Å²) in [5.41, 5.74) is 1.49. The molecule has 0 fully saturated rings. The van der Waals surface area contributed by atoms with Crippen LogP contribution in [-0.4, -0.2) is 22.4 Å². The second kappa shape index (κ2) is 5.98. The van der Waals surface area contributed by atoms with Gasteiger partial charge in [0.15, 0.2) is 5.65 Å². The number of hydrogen-bond donors (Lipinski definition) is 0. The van der Waals surface area contributed by atoms with Gasteiger partial charge in [0.25, 0.3) is 10.0 Å². The van der Waals surface area contributed by atoms with Crippen molar-refractivity contribution in [3.8, 4) is 11.3 Å². The van der Waals surface area contributed by atoms with E-state index in [1.54, 1.807) is 36.4 Å². The Morgan fingerprint density at radius 1 is 0.880 bits per heavy atom. The van der Waals surface area contributed by atoms with Gasteiger partial charge in [-0.15, -0.1) is 0 Å². The van der Waals surface area contributed by atoms with Crippen molar-refractivity contribution >= 4 is 32.7 Å². The second-order valence-corrected chi connectivity index (χ2v) is 7.52. The molecule has 4 rings (SSSR count). The van der Waals surface area contributed by atoms with E-state index in [1.807, 2.05) is 30.3 Å². The fraction of sp³-hybridized carbons (Fsp3) is 0. The summed E-state index contributed by atoms with van der Waals surface area (Å²) in [6.07, 6.45) is 1.26. The fourth-order valence-corrected chi connectivity index (χ4v) is 4.40. The maximum absolute atomic E-state index is 13.3. The first-order chi connectivity index (χ1) is 12.1. The van der Waals surface area contributed by atoms with Crippen LogP contribution in [-0.2, 0) is 10.0 Å². The molecule has 0 radical (unpaired) electrons. The van der Waals surface area contributed by atoms with Gasteiger partial charge < -0.3 is 0 Å². The molecular formula is C18H12ClN3O2S. The third-order valence-electron chi connectivity index (χ3n) is 3.86. The highest BCUT2D eigenvalue weighted by atomic mass is 35.5. The maximum atomic E-state index is 13.3. The van der Waals surface area contributed by atoms with Gasteiger partial charge in [-0.3, -0.25) is 0 Å². The molecule has 0 bridgehead atoms. The Morgan fingerprint density at radius 3 is 2.20 bits per heavy atom. The van der Waals surface area contributed by atoms with Crippen molar-refractivity contribution in [3.63, 3.8) is 0 Å². The summed E-state index contributed by atoms with van der Waals surface area (Å²) in [6, 6.07) is 19.2. The van der Waals surface area contributed by atoms with E-state index >= 15 is 0 Å². The van der Waals surface area contributed by atoms with Crippen molar-refractivity contribution in [1.82, 2.24) is 13.9 Å². The summed E-state index contributed by atoms with van der Waals surface area (Å²) in [6.45, 7) is 0. The highest BCUT2D eigenvalue weighted by Gasteiger charge is 2.25. The van der Waals surface area contributed by atoms with Crippen LogP contribution >= 0.6 is 11.6 Å². The average molecular weight is 370 g/mol. The summed E-state index contributed by atoms with van der Waals surface area (Å²) in [4.78, 5) is 8.30. The molecule has 0 atom stereocenters. The molecule has 0 N–H and O–H groups in total. The molecule has 7 heteroatoms. The van der Waals surface area contributed by atoms with Gasteiger partial charge in [0.1, 0.15) is 11.5 Å². The molecule has 25 heavy (non-hydrogen) atoms. The Bertz CT molecular complexity index is 1160. The van der Waals surface area contributed by atoms with Gasteiger partial charge in [0.05, 0.1) is 16.0 Å². The van der Waals surface area contributed by atoms with Crippen LogP contribution in [0.5, 0.6) is 0 Å². The molecule has 0 unspecified atom stereocenters. The highest BCUT2D eigenvalue weighted by molar-refractivity contribution is 7.90. The molecule has 0 saturated carbocycles. The molecule has 0 spiro atoms.